The number of pyridine rings is 1. The van der Waals surface area contributed by atoms with Crippen LogP contribution in [0, 0.1) is 5.82 Å². The lowest BCUT2D eigenvalue weighted by atomic mass is 10.1. The Morgan fingerprint density at radius 1 is 1.07 bits per heavy atom. The Balaban J connectivity index is 1.55. The zero-order valence-corrected chi connectivity index (χ0v) is 15.9. The molecule has 28 heavy (non-hydrogen) atoms. The SMILES string of the molecule is O=C(Nc1cccc(-c2nc(-c3ccc(F)cn3)no2)c1)c1ccc(Br)cc1. The third-order valence-corrected chi connectivity index (χ3v) is 4.38. The van der Waals surface area contributed by atoms with Gasteiger partial charge in [0.1, 0.15) is 11.5 Å². The summed E-state index contributed by atoms with van der Waals surface area (Å²) in [6.07, 6.45) is 1.09. The average molecular weight is 439 g/mol. The number of carbonyl (C=O) groups is 1. The lowest BCUT2D eigenvalue weighted by Gasteiger charge is -2.06. The second-order valence-electron chi connectivity index (χ2n) is 5.83. The van der Waals surface area contributed by atoms with Gasteiger partial charge in [0, 0.05) is 21.3 Å². The highest BCUT2D eigenvalue weighted by molar-refractivity contribution is 9.10. The van der Waals surface area contributed by atoms with Crippen LogP contribution in [0.3, 0.4) is 0 Å². The molecule has 2 aromatic carbocycles. The first-order valence-corrected chi connectivity index (χ1v) is 9.01. The van der Waals surface area contributed by atoms with Crippen molar-refractivity contribution in [2.75, 3.05) is 5.32 Å². The molecule has 0 aliphatic carbocycles. The van der Waals surface area contributed by atoms with Crippen LogP contribution in [0.4, 0.5) is 10.1 Å². The van der Waals surface area contributed by atoms with Crippen LogP contribution >= 0.6 is 15.9 Å². The number of carbonyl (C=O) groups excluding carboxylic acids is 1. The topological polar surface area (TPSA) is 80.9 Å². The molecule has 2 heterocycles. The van der Waals surface area contributed by atoms with Crippen LogP contribution in [-0.4, -0.2) is 21.0 Å². The molecule has 138 valence electrons. The van der Waals surface area contributed by atoms with Gasteiger partial charge in [0.2, 0.25) is 5.82 Å². The minimum atomic E-state index is -0.443. The molecule has 0 fully saturated rings. The summed E-state index contributed by atoms with van der Waals surface area (Å²) in [5.74, 6) is -0.159. The second kappa shape index (κ2) is 7.69. The summed E-state index contributed by atoms with van der Waals surface area (Å²) in [5.41, 5.74) is 2.16. The standard InChI is InChI=1S/C20H12BrFN4O2/c21-14-6-4-12(5-7-14)19(27)24-16-3-1-2-13(10-16)20-25-18(26-28-20)17-9-8-15(22)11-23-17/h1-11H,(H,24,27). The van der Waals surface area contributed by atoms with Crippen LogP contribution in [0.25, 0.3) is 23.0 Å². The Bertz CT molecular complexity index is 1130. The Hall–Kier alpha value is -3.39. The van der Waals surface area contributed by atoms with E-state index in [9.17, 15) is 9.18 Å². The van der Waals surface area contributed by atoms with Gasteiger partial charge < -0.3 is 9.84 Å². The molecule has 8 heteroatoms. The molecule has 0 unspecified atom stereocenters. The summed E-state index contributed by atoms with van der Waals surface area (Å²) in [6, 6.07) is 16.8. The van der Waals surface area contributed by atoms with E-state index in [1.54, 1.807) is 48.5 Å². The summed E-state index contributed by atoms with van der Waals surface area (Å²) in [7, 11) is 0. The fraction of sp³-hybridized carbons (Fsp3) is 0. The molecule has 4 rings (SSSR count). The molecular weight excluding hydrogens is 427 g/mol. The molecular formula is C20H12BrFN4O2. The summed E-state index contributed by atoms with van der Waals surface area (Å²) in [5, 5.41) is 6.71. The molecule has 0 aliphatic rings. The molecule has 1 N–H and O–H groups in total. The molecule has 6 nitrogen and oxygen atoms in total. The van der Waals surface area contributed by atoms with Crippen molar-refractivity contribution >= 4 is 27.5 Å². The van der Waals surface area contributed by atoms with Crippen LogP contribution in [0.5, 0.6) is 0 Å². The van der Waals surface area contributed by atoms with Crippen LogP contribution in [-0.2, 0) is 0 Å². The van der Waals surface area contributed by atoms with Crippen molar-refractivity contribution in [3.05, 3.63) is 82.7 Å². The van der Waals surface area contributed by atoms with Gasteiger partial charge in [-0.25, -0.2) is 9.37 Å². The monoisotopic (exact) mass is 438 g/mol. The van der Waals surface area contributed by atoms with Crippen molar-refractivity contribution in [1.82, 2.24) is 15.1 Å². The van der Waals surface area contributed by atoms with Gasteiger partial charge >= 0.3 is 0 Å². The van der Waals surface area contributed by atoms with E-state index in [4.69, 9.17) is 4.52 Å². The maximum Gasteiger partial charge on any atom is 0.258 e. The van der Waals surface area contributed by atoms with E-state index in [-0.39, 0.29) is 17.6 Å². The number of benzene rings is 2. The first-order valence-electron chi connectivity index (χ1n) is 8.21. The maximum atomic E-state index is 13.0. The van der Waals surface area contributed by atoms with Crippen molar-refractivity contribution in [2.45, 2.75) is 0 Å². The second-order valence-corrected chi connectivity index (χ2v) is 6.74. The fourth-order valence-corrected chi connectivity index (χ4v) is 2.75. The van der Waals surface area contributed by atoms with Gasteiger partial charge in [0.15, 0.2) is 0 Å². The van der Waals surface area contributed by atoms with E-state index >= 15 is 0 Å². The molecule has 1 amide bonds. The molecule has 2 aromatic heterocycles. The van der Waals surface area contributed by atoms with Gasteiger partial charge in [-0.3, -0.25) is 4.79 Å². The van der Waals surface area contributed by atoms with E-state index < -0.39 is 5.82 Å². The molecule has 0 saturated heterocycles. The maximum absolute atomic E-state index is 13.0. The summed E-state index contributed by atoms with van der Waals surface area (Å²) >= 11 is 3.34. The largest absolute Gasteiger partial charge is 0.334 e. The first-order chi connectivity index (χ1) is 13.6. The highest BCUT2D eigenvalue weighted by Crippen LogP contribution is 2.24. The van der Waals surface area contributed by atoms with E-state index in [1.165, 1.54) is 12.1 Å². The minimum Gasteiger partial charge on any atom is -0.334 e. The summed E-state index contributed by atoms with van der Waals surface area (Å²) < 4.78 is 19.2. The van der Waals surface area contributed by atoms with Gasteiger partial charge in [-0.1, -0.05) is 27.2 Å². The number of nitrogens with one attached hydrogen (secondary N) is 1. The van der Waals surface area contributed by atoms with Crippen molar-refractivity contribution in [3.63, 3.8) is 0 Å². The number of aromatic nitrogens is 3. The number of halogens is 2. The highest BCUT2D eigenvalue weighted by Gasteiger charge is 2.13. The number of hydrogen-bond donors (Lipinski definition) is 1. The summed E-state index contributed by atoms with van der Waals surface area (Å²) in [4.78, 5) is 20.6. The smallest absolute Gasteiger partial charge is 0.258 e. The predicted octanol–water partition coefficient (Wildman–Crippen LogP) is 4.95. The molecule has 0 spiro atoms. The minimum absolute atomic E-state index is 0.230. The Labute approximate surface area is 167 Å². The molecule has 0 saturated carbocycles. The van der Waals surface area contributed by atoms with Crippen LogP contribution in [0.2, 0.25) is 0 Å². The van der Waals surface area contributed by atoms with Crippen LogP contribution < -0.4 is 5.32 Å². The third-order valence-electron chi connectivity index (χ3n) is 3.86. The average Bonchev–Trinajstić information content (AvgIpc) is 3.19. The first kappa shape index (κ1) is 18.0. The van der Waals surface area contributed by atoms with Gasteiger partial charge in [0.25, 0.3) is 11.8 Å². The zero-order chi connectivity index (χ0) is 19.5. The van der Waals surface area contributed by atoms with Crippen LogP contribution in [0.15, 0.2) is 75.9 Å². The fourth-order valence-electron chi connectivity index (χ4n) is 2.49. The van der Waals surface area contributed by atoms with Gasteiger partial charge in [-0.05, 0) is 54.6 Å². The molecule has 0 radical (unpaired) electrons. The van der Waals surface area contributed by atoms with Crippen molar-refractivity contribution < 1.29 is 13.7 Å². The number of hydrogen-bond acceptors (Lipinski definition) is 5. The lowest BCUT2D eigenvalue weighted by Crippen LogP contribution is -2.11. The summed E-state index contributed by atoms with van der Waals surface area (Å²) in [6.45, 7) is 0. The van der Waals surface area contributed by atoms with E-state index in [0.717, 1.165) is 10.7 Å². The zero-order valence-electron chi connectivity index (χ0n) is 14.3. The van der Waals surface area contributed by atoms with Gasteiger partial charge in [-0.15, -0.1) is 0 Å². The number of anilines is 1. The van der Waals surface area contributed by atoms with E-state index in [1.807, 2.05) is 0 Å². The lowest BCUT2D eigenvalue weighted by molar-refractivity contribution is 0.102. The van der Waals surface area contributed by atoms with Crippen molar-refractivity contribution in [2.24, 2.45) is 0 Å². The van der Waals surface area contributed by atoms with Gasteiger partial charge in [-0.2, -0.15) is 4.98 Å². The highest BCUT2D eigenvalue weighted by atomic mass is 79.9. The normalized spacial score (nSPS) is 10.6. The van der Waals surface area contributed by atoms with Crippen LogP contribution in [0.1, 0.15) is 10.4 Å². The van der Waals surface area contributed by atoms with E-state index in [0.29, 0.717) is 22.5 Å². The van der Waals surface area contributed by atoms with Gasteiger partial charge in [0.05, 0.1) is 6.20 Å². The molecule has 0 aliphatic heterocycles. The van der Waals surface area contributed by atoms with E-state index in [2.05, 4.69) is 36.4 Å². The Morgan fingerprint density at radius 2 is 1.89 bits per heavy atom. The quantitative estimate of drug-likeness (QED) is 0.487. The molecule has 0 bridgehead atoms. The molecule has 0 atom stereocenters. The Kier molecular flexibility index (Phi) is 4.94. The van der Waals surface area contributed by atoms with Crippen molar-refractivity contribution in [3.8, 4) is 23.0 Å². The third kappa shape index (κ3) is 3.96. The number of nitrogens with zero attached hydrogens (tertiary/aromatic N) is 3. The number of rotatable bonds is 4. The predicted molar refractivity (Wildman–Crippen MR) is 105 cm³/mol. The Morgan fingerprint density at radius 3 is 2.64 bits per heavy atom. The van der Waals surface area contributed by atoms with Crippen molar-refractivity contribution in [1.29, 1.82) is 0 Å². The molecule has 4 aromatic rings. The number of amides is 1.